The van der Waals surface area contributed by atoms with E-state index < -0.39 is 0 Å². The number of aromatic amines is 1. The summed E-state index contributed by atoms with van der Waals surface area (Å²) in [7, 11) is 1.74. The van der Waals surface area contributed by atoms with E-state index in [0.717, 1.165) is 24.8 Å². The van der Waals surface area contributed by atoms with Gasteiger partial charge in [0.25, 0.3) is 0 Å². The van der Waals surface area contributed by atoms with Crippen molar-refractivity contribution >= 4 is 0 Å². The Labute approximate surface area is 155 Å². The van der Waals surface area contributed by atoms with E-state index in [0.29, 0.717) is 18.0 Å². The number of imidazole rings is 1. The highest BCUT2D eigenvalue weighted by Crippen LogP contribution is 2.47. The van der Waals surface area contributed by atoms with Crippen molar-refractivity contribution in [3.05, 3.63) is 47.5 Å². The van der Waals surface area contributed by atoms with Gasteiger partial charge in [0.15, 0.2) is 0 Å². The van der Waals surface area contributed by atoms with E-state index in [-0.39, 0.29) is 0 Å². The van der Waals surface area contributed by atoms with Gasteiger partial charge in [-0.3, -0.25) is 9.80 Å². The second-order valence-corrected chi connectivity index (χ2v) is 8.14. The maximum atomic E-state index is 5.36. The lowest BCUT2D eigenvalue weighted by atomic mass is 9.75. The summed E-state index contributed by atoms with van der Waals surface area (Å²) < 4.78 is 5.36. The van der Waals surface area contributed by atoms with Crippen LogP contribution in [0, 0.1) is 12.8 Å². The highest BCUT2D eigenvalue weighted by molar-refractivity contribution is 5.33. The summed E-state index contributed by atoms with van der Waals surface area (Å²) in [6, 6.07) is 10.1. The maximum absolute atomic E-state index is 5.36. The molecule has 26 heavy (non-hydrogen) atoms. The van der Waals surface area contributed by atoms with Gasteiger partial charge in [0.05, 0.1) is 19.1 Å². The third kappa shape index (κ3) is 2.57. The molecule has 1 aromatic heterocycles. The van der Waals surface area contributed by atoms with Gasteiger partial charge in [-0.2, -0.15) is 0 Å². The molecule has 5 nitrogen and oxygen atoms in total. The van der Waals surface area contributed by atoms with Crippen LogP contribution in [0.1, 0.15) is 35.7 Å². The zero-order valence-electron chi connectivity index (χ0n) is 15.7. The number of hydrogen-bond donors (Lipinski definition) is 1. The molecule has 1 N–H and O–H groups in total. The lowest BCUT2D eigenvalue weighted by Gasteiger charge is -2.51. The summed E-state index contributed by atoms with van der Waals surface area (Å²) in [5.74, 6) is 2.36. The van der Waals surface area contributed by atoms with Crippen LogP contribution in [0.2, 0.25) is 0 Å². The number of benzene rings is 1. The van der Waals surface area contributed by atoms with Crippen molar-refractivity contribution in [2.45, 2.75) is 44.3 Å². The lowest BCUT2D eigenvalue weighted by Crippen LogP contribution is -2.60. The first kappa shape index (κ1) is 16.3. The van der Waals surface area contributed by atoms with Gasteiger partial charge in [0, 0.05) is 36.8 Å². The van der Waals surface area contributed by atoms with Gasteiger partial charge in [-0.1, -0.05) is 12.1 Å². The summed E-state index contributed by atoms with van der Waals surface area (Å²) in [5, 5.41) is 0. The Balaban J connectivity index is 1.47. The Bertz CT molecular complexity index is 763. The molecule has 4 aliphatic heterocycles. The second-order valence-electron chi connectivity index (χ2n) is 8.14. The molecular formula is C21H28N4O. The quantitative estimate of drug-likeness (QED) is 0.919. The number of nitrogens with one attached hydrogen (secondary N) is 1. The average Bonchev–Trinajstić information content (AvgIpc) is 3.28. The van der Waals surface area contributed by atoms with E-state index in [2.05, 4.69) is 51.0 Å². The summed E-state index contributed by atoms with van der Waals surface area (Å²) in [4.78, 5) is 13.3. The number of hydrogen-bond acceptors (Lipinski definition) is 4. The third-order valence-electron chi connectivity index (χ3n) is 6.92. The van der Waals surface area contributed by atoms with Crippen molar-refractivity contribution in [1.29, 1.82) is 0 Å². The van der Waals surface area contributed by atoms with Crippen molar-refractivity contribution in [2.24, 2.45) is 5.92 Å². The minimum atomic E-state index is 0.577. The van der Waals surface area contributed by atoms with E-state index in [1.165, 1.54) is 42.9 Å². The Morgan fingerprint density at radius 2 is 1.92 bits per heavy atom. The predicted octanol–water partition coefficient (Wildman–Crippen LogP) is 2.79. The van der Waals surface area contributed by atoms with Crippen LogP contribution >= 0.6 is 0 Å². The number of methoxy groups -OCH3 is 1. The van der Waals surface area contributed by atoms with Crippen molar-refractivity contribution in [1.82, 2.24) is 19.8 Å². The minimum Gasteiger partial charge on any atom is -0.497 e. The Kier molecular flexibility index (Phi) is 4.02. The molecule has 4 aliphatic rings. The number of nitrogens with zero attached hydrogens (tertiary/aromatic N) is 3. The average molecular weight is 352 g/mol. The molecule has 6 rings (SSSR count). The smallest absolute Gasteiger partial charge is 0.118 e. The van der Waals surface area contributed by atoms with Gasteiger partial charge in [0.2, 0.25) is 0 Å². The number of aryl methyl sites for hydroxylation is 1. The number of fused-ring (bicyclic) bond motifs is 2. The van der Waals surface area contributed by atoms with Crippen LogP contribution in [0.15, 0.2) is 30.6 Å². The van der Waals surface area contributed by atoms with Gasteiger partial charge in [-0.05, 0) is 56.5 Å². The third-order valence-corrected chi connectivity index (χ3v) is 6.92. The van der Waals surface area contributed by atoms with Gasteiger partial charge in [0.1, 0.15) is 5.75 Å². The number of piperidine rings is 3. The van der Waals surface area contributed by atoms with Gasteiger partial charge < -0.3 is 9.72 Å². The number of likely N-dealkylation sites (tertiary alicyclic amines) is 1. The second kappa shape index (κ2) is 6.39. The first-order valence-electron chi connectivity index (χ1n) is 9.85. The predicted molar refractivity (Wildman–Crippen MR) is 101 cm³/mol. The van der Waals surface area contributed by atoms with Crippen LogP contribution < -0.4 is 4.74 Å². The standard InChI is InChI=1S/C21H28N4O/c1-14-19(23-13-22-14)12-25-11-18(15-3-5-17(26-2)6-4-15)21-20(25)16-7-9-24(21)10-8-16/h3-6,13,16,18,20-21H,7-12H2,1-2H3,(H,22,23)/t18-,20+,21+/m0/s1. The number of ether oxygens (including phenoxy) is 1. The molecule has 4 fully saturated rings. The molecule has 2 bridgehead atoms. The van der Waals surface area contributed by atoms with E-state index in [4.69, 9.17) is 4.74 Å². The van der Waals surface area contributed by atoms with E-state index in [1.807, 2.05) is 6.33 Å². The molecule has 0 amide bonds. The topological polar surface area (TPSA) is 44.4 Å². The summed E-state index contributed by atoms with van der Waals surface area (Å²) >= 11 is 0. The van der Waals surface area contributed by atoms with Gasteiger partial charge in [-0.25, -0.2) is 4.98 Å². The van der Waals surface area contributed by atoms with Crippen LogP contribution in [0.4, 0.5) is 0 Å². The summed E-state index contributed by atoms with van der Waals surface area (Å²) in [5.41, 5.74) is 3.86. The molecule has 0 radical (unpaired) electrons. The van der Waals surface area contributed by atoms with E-state index in [1.54, 1.807) is 7.11 Å². The van der Waals surface area contributed by atoms with Gasteiger partial charge in [-0.15, -0.1) is 0 Å². The van der Waals surface area contributed by atoms with Crippen LogP contribution in [-0.4, -0.2) is 58.6 Å². The fraction of sp³-hybridized carbons (Fsp3) is 0.571. The zero-order valence-corrected chi connectivity index (χ0v) is 15.7. The van der Waals surface area contributed by atoms with E-state index in [9.17, 15) is 0 Å². The molecular weight excluding hydrogens is 324 g/mol. The minimum absolute atomic E-state index is 0.577. The number of aromatic nitrogens is 2. The molecule has 0 aliphatic carbocycles. The fourth-order valence-electron chi connectivity index (χ4n) is 5.61. The van der Waals surface area contributed by atoms with Crippen molar-refractivity contribution in [2.75, 3.05) is 26.7 Å². The highest BCUT2D eigenvalue weighted by Gasteiger charge is 2.53. The molecule has 0 saturated carbocycles. The molecule has 4 saturated heterocycles. The monoisotopic (exact) mass is 352 g/mol. The molecule has 5 heterocycles. The number of rotatable bonds is 4. The Morgan fingerprint density at radius 3 is 2.58 bits per heavy atom. The van der Waals surface area contributed by atoms with Crippen LogP contribution in [0.5, 0.6) is 5.75 Å². The zero-order chi connectivity index (χ0) is 17.7. The first-order valence-corrected chi connectivity index (χ1v) is 9.85. The highest BCUT2D eigenvalue weighted by atomic mass is 16.5. The normalized spacial score (nSPS) is 33.4. The maximum Gasteiger partial charge on any atom is 0.118 e. The van der Waals surface area contributed by atoms with Crippen molar-refractivity contribution < 1.29 is 4.74 Å². The molecule has 0 spiro atoms. The lowest BCUT2D eigenvalue weighted by molar-refractivity contribution is -0.00899. The molecule has 3 atom stereocenters. The van der Waals surface area contributed by atoms with Crippen molar-refractivity contribution in [3.63, 3.8) is 0 Å². The van der Waals surface area contributed by atoms with Gasteiger partial charge >= 0.3 is 0 Å². The summed E-state index contributed by atoms with van der Waals surface area (Å²) in [6.45, 7) is 6.77. The largest absolute Gasteiger partial charge is 0.497 e. The Hall–Kier alpha value is -1.85. The van der Waals surface area contributed by atoms with Crippen LogP contribution in [-0.2, 0) is 6.54 Å². The molecule has 5 heteroatoms. The van der Waals surface area contributed by atoms with Crippen molar-refractivity contribution in [3.8, 4) is 5.75 Å². The molecule has 1 aromatic carbocycles. The number of H-pyrrole nitrogens is 1. The molecule has 2 aromatic rings. The Morgan fingerprint density at radius 1 is 1.15 bits per heavy atom. The van der Waals surface area contributed by atoms with E-state index >= 15 is 0 Å². The molecule has 138 valence electrons. The van der Waals surface area contributed by atoms with Crippen LogP contribution in [0.3, 0.4) is 0 Å². The fourth-order valence-corrected chi connectivity index (χ4v) is 5.61. The summed E-state index contributed by atoms with van der Waals surface area (Å²) in [6.07, 6.45) is 4.54. The first-order chi connectivity index (χ1) is 12.7. The van der Waals surface area contributed by atoms with Crippen LogP contribution in [0.25, 0.3) is 0 Å². The SMILES string of the molecule is COc1ccc([C@@H]2CN(Cc3nc[nH]c3C)[C@@H]3C4CCN(CC4)[C@@H]32)cc1. The molecule has 0 unspecified atom stereocenters.